The van der Waals surface area contributed by atoms with E-state index in [2.05, 4.69) is 5.32 Å². The van der Waals surface area contributed by atoms with E-state index in [1.165, 1.54) is 0 Å². The molecule has 1 unspecified atom stereocenters. The third-order valence-corrected chi connectivity index (χ3v) is 1.73. The van der Waals surface area contributed by atoms with Crippen molar-refractivity contribution < 1.29 is 9.53 Å². The average Bonchev–Trinajstić information content (AvgIpc) is 2.18. The van der Waals surface area contributed by atoms with Gasteiger partial charge in [0.2, 0.25) is 0 Å². The van der Waals surface area contributed by atoms with E-state index in [4.69, 9.17) is 16.2 Å². The molecule has 0 bridgehead atoms. The molecule has 0 aliphatic rings. The summed E-state index contributed by atoms with van der Waals surface area (Å²) in [6.07, 6.45) is 1.89. The number of hydrogen-bond donors (Lipinski definition) is 3. The van der Waals surface area contributed by atoms with Gasteiger partial charge in [-0.15, -0.1) is 0 Å². The van der Waals surface area contributed by atoms with Crippen molar-refractivity contribution in [2.24, 2.45) is 11.5 Å². The molecule has 0 aromatic heterocycles. The minimum atomic E-state index is -0.585. The summed E-state index contributed by atoms with van der Waals surface area (Å²) in [5.74, 6) is -0.344. The van der Waals surface area contributed by atoms with Crippen molar-refractivity contribution in [1.82, 2.24) is 5.32 Å². The zero-order chi connectivity index (χ0) is 10.8. The number of ether oxygens (including phenoxy) is 1. The molecule has 0 aromatic rings. The van der Waals surface area contributed by atoms with Crippen molar-refractivity contribution >= 4 is 5.97 Å². The molecule has 5 heteroatoms. The van der Waals surface area contributed by atoms with Gasteiger partial charge in [-0.25, -0.2) is 0 Å². The third kappa shape index (κ3) is 6.82. The van der Waals surface area contributed by atoms with Crippen molar-refractivity contribution in [3.05, 3.63) is 0 Å². The van der Waals surface area contributed by atoms with E-state index in [1.807, 2.05) is 6.92 Å². The Hall–Kier alpha value is -0.650. The molecular formula is C9H21N3O2. The summed E-state index contributed by atoms with van der Waals surface area (Å²) in [5, 5.41) is 2.96. The number of carbonyl (C=O) groups is 1. The lowest BCUT2D eigenvalue weighted by atomic mass is 10.3. The minimum absolute atomic E-state index is 0.344. The first-order chi connectivity index (χ1) is 6.72. The van der Waals surface area contributed by atoms with E-state index in [-0.39, 0.29) is 5.97 Å². The molecule has 5 nitrogen and oxygen atoms in total. The summed E-state index contributed by atoms with van der Waals surface area (Å²) in [7, 11) is 0. The fourth-order valence-corrected chi connectivity index (χ4v) is 0.867. The van der Waals surface area contributed by atoms with Crippen molar-refractivity contribution in [1.29, 1.82) is 0 Å². The van der Waals surface area contributed by atoms with Crippen molar-refractivity contribution in [2.45, 2.75) is 25.8 Å². The first-order valence-corrected chi connectivity index (χ1v) is 5.05. The molecule has 0 saturated carbocycles. The highest BCUT2D eigenvalue weighted by Gasteiger charge is 2.13. The quantitative estimate of drug-likeness (QED) is 0.355. The molecule has 1 atom stereocenters. The maximum Gasteiger partial charge on any atom is 0.324 e. The molecule has 0 radical (unpaired) electrons. The van der Waals surface area contributed by atoms with Crippen LogP contribution in [0.4, 0.5) is 0 Å². The van der Waals surface area contributed by atoms with Gasteiger partial charge in [-0.05, 0) is 6.42 Å². The second-order valence-electron chi connectivity index (χ2n) is 3.12. The molecule has 0 fully saturated rings. The summed E-state index contributed by atoms with van der Waals surface area (Å²) < 4.78 is 4.94. The summed E-state index contributed by atoms with van der Waals surface area (Å²) in [6.45, 7) is 4.12. The van der Waals surface area contributed by atoms with Crippen LogP contribution >= 0.6 is 0 Å². The number of nitrogens with one attached hydrogen (secondary N) is 1. The first kappa shape index (κ1) is 13.4. The largest absolute Gasteiger partial charge is 0.464 e. The Morgan fingerprint density at radius 2 is 2.29 bits per heavy atom. The van der Waals surface area contributed by atoms with Crippen LogP contribution in [0, 0.1) is 0 Å². The lowest BCUT2D eigenvalue weighted by molar-refractivity contribution is -0.145. The van der Waals surface area contributed by atoms with Gasteiger partial charge in [-0.3, -0.25) is 4.79 Å². The van der Waals surface area contributed by atoms with Gasteiger partial charge in [0.15, 0.2) is 0 Å². The van der Waals surface area contributed by atoms with Crippen LogP contribution in [0.25, 0.3) is 0 Å². The second kappa shape index (κ2) is 8.93. The molecule has 0 aliphatic carbocycles. The van der Waals surface area contributed by atoms with Crippen LogP contribution in [0.2, 0.25) is 0 Å². The Labute approximate surface area is 85.2 Å². The molecule has 0 aliphatic heterocycles. The van der Waals surface area contributed by atoms with Crippen LogP contribution in [0.15, 0.2) is 0 Å². The van der Waals surface area contributed by atoms with E-state index in [0.717, 1.165) is 12.8 Å². The van der Waals surface area contributed by atoms with Gasteiger partial charge < -0.3 is 21.5 Å². The van der Waals surface area contributed by atoms with Crippen LogP contribution in [0.3, 0.4) is 0 Å². The molecule has 0 spiro atoms. The summed E-state index contributed by atoms with van der Waals surface area (Å²) in [4.78, 5) is 11.2. The van der Waals surface area contributed by atoms with Gasteiger partial charge in [0.25, 0.3) is 0 Å². The van der Waals surface area contributed by atoms with Crippen LogP contribution in [0.5, 0.6) is 0 Å². The maximum atomic E-state index is 11.2. The van der Waals surface area contributed by atoms with E-state index >= 15 is 0 Å². The van der Waals surface area contributed by atoms with Crippen LogP contribution in [0.1, 0.15) is 19.8 Å². The number of rotatable bonds is 8. The van der Waals surface area contributed by atoms with Gasteiger partial charge in [0.1, 0.15) is 6.04 Å². The highest BCUT2D eigenvalue weighted by molar-refractivity contribution is 5.75. The lowest BCUT2D eigenvalue weighted by Crippen LogP contribution is -2.42. The summed E-state index contributed by atoms with van der Waals surface area (Å²) >= 11 is 0. The molecule has 0 rings (SSSR count). The molecule has 5 N–H and O–H groups in total. The molecule has 14 heavy (non-hydrogen) atoms. The van der Waals surface area contributed by atoms with Gasteiger partial charge in [0.05, 0.1) is 6.61 Å². The fraction of sp³-hybridized carbons (Fsp3) is 0.889. The van der Waals surface area contributed by atoms with Gasteiger partial charge in [-0.1, -0.05) is 13.3 Å². The SMILES string of the molecule is CCCCOC(=O)C(N)CNCCN. The van der Waals surface area contributed by atoms with E-state index < -0.39 is 6.04 Å². The number of carbonyl (C=O) groups excluding carboxylic acids is 1. The highest BCUT2D eigenvalue weighted by Crippen LogP contribution is 1.90. The zero-order valence-corrected chi connectivity index (χ0v) is 8.79. The van der Waals surface area contributed by atoms with Gasteiger partial charge in [-0.2, -0.15) is 0 Å². The standard InChI is InChI=1S/C9H21N3O2/c1-2-3-6-14-9(13)8(11)7-12-5-4-10/h8,12H,2-7,10-11H2,1H3. The van der Waals surface area contributed by atoms with Crippen molar-refractivity contribution in [3.8, 4) is 0 Å². The second-order valence-corrected chi connectivity index (χ2v) is 3.12. The number of esters is 1. The van der Waals surface area contributed by atoms with E-state index in [9.17, 15) is 4.79 Å². The van der Waals surface area contributed by atoms with E-state index in [0.29, 0.717) is 26.2 Å². The smallest absolute Gasteiger partial charge is 0.324 e. The molecule has 84 valence electrons. The van der Waals surface area contributed by atoms with Crippen molar-refractivity contribution in [2.75, 3.05) is 26.2 Å². The molecule has 0 heterocycles. The van der Waals surface area contributed by atoms with Gasteiger partial charge in [0, 0.05) is 19.6 Å². The average molecular weight is 203 g/mol. The fourth-order valence-electron chi connectivity index (χ4n) is 0.867. The number of nitrogens with two attached hydrogens (primary N) is 2. The Kier molecular flexibility index (Phi) is 8.51. The Morgan fingerprint density at radius 1 is 1.57 bits per heavy atom. The zero-order valence-electron chi connectivity index (χ0n) is 8.79. The van der Waals surface area contributed by atoms with Crippen LogP contribution in [-0.2, 0) is 9.53 Å². The predicted molar refractivity (Wildman–Crippen MR) is 55.8 cm³/mol. The minimum Gasteiger partial charge on any atom is -0.464 e. The Bertz CT molecular complexity index is 153. The van der Waals surface area contributed by atoms with E-state index in [1.54, 1.807) is 0 Å². The predicted octanol–water partition coefficient (Wildman–Crippen LogP) is -0.795. The van der Waals surface area contributed by atoms with Crippen LogP contribution < -0.4 is 16.8 Å². The Balaban J connectivity index is 3.44. The molecular weight excluding hydrogens is 182 g/mol. The van der Waals surface area contributed by atoms with Crippen molar-refractivity contribution in [3.63, 3.8) is 0 Å². The molecule has 0 aromatic carbocycles. The molecule has 0 saturated heterocycles. The Morgan fingerprint density at radius 3 is 2.86 bits per heavy atom. The summed E-state index contributed by atoms with van der Waals surface area (Å²) in [5.41, 5.74) is 10.8. The first-order valence-electron chi connectivity index (χ1n) is 5.05. The number of unbranched alkanes of at least 4 members (excludes halogenated alkanes) is 1. The topological polar surface area (TPSA) is 90.4 Å². The maximum absolute atomic E-state index is 11.2. The van der Waals surface area contributed by atoms with Gasteiger partial charge >= 0.3 is 5.97 Å². The summed E-state index contributed by atoms with van der Waals surface area (Å²) in [6, 6.07) is -0.585. The lowest BCUT2D eigenvalue weighted by Gasteiger charge is -2.11. The van der Waals surface area contributed by atoms with Crippen LogP contribution in [-0.4, -0.2) is 38.3 Å². The normalized spacial score (nSPS) is 12.5. The number of hydrogen-bond acceptors (Lipinski definition) is 5. The monoisotopic (exact) mass is 203 g/mol. The molecule has 0 amide bonds. The highest BCUT2D eigenvalue weighted by atomic mass is 16.5. The third-order valence-electron chi connectivity index (χ3n) is 1.73.